The number of nitriles is 1. The van der Waals surface area contributed by atoms with Crippen LogP contribution in [0.4, 0.5) is 0 Å². The van der Waals surface area contributed by atoms with E-state index in [1.807, 2.05) is 0 Å². The summed E-state index contributed by atoms with van der Waals surface area (Å²) in [5, 5.41) is 19.6. The van der Waals surface area contributed by atoms with E-state index in [-0.39, 0.29) is 11.4 Å². The molecule has 0 spiro atoms. The summed E-state index contributed by atoms with van der Waals surface area (Å²) in [5.74, 6) is -1.04. The Hall–Kier alpha value is -2.39. The highest BCUT2D eigenvalue weighted by atomic mass is 32.1. The Kier molecular flexibility index (Phi) is 3.03. The smallest absolute Gasteiger partial charge is 0.355 e. The molecule has 2 aromatic rings. The first kappa shape index (κ1) is 11.1. The first-order valence-electron chi connectivity index (χ1n) is 4.56. The molecule has 84 valence electrons. The predicted octanol–water partition coefficient (Wildman–Crippen LogP) is 1.94. The number of hydrogen-bond donors (Lipinski definition) is 1. The van der Waals surface area contributed by atoms with E-state index >= 15 is 0 Å². The van der Waals surface area contributed by atoms with Crippen LogP contribution in [0.3, 0.4) is 0 Å². The molecule has 0 aliphatic rings. The number of ether oxygens (including phenoxy) is 1. The Morgan fingerprint density at radius 3 is 2.88 bits per heavy atom. The molecule has 2 heterocycles. The van der Waals surface area contributed by atoms with Crippen molar-refractivity contribution in [1.82, 2.24) is 4.98 Å². The summed E-state index contributed by atoms with van der Waals surface area (Å²) < 4.78 is 4.93. The standard InChI is InChI=1S/C11H6N2O3S/c12-6-7-3-4-9(13-10(7)14)16-11(15)8-2-1-5-17-8/h1-5H,(H,13,14). The summed E-state index contributed by atoms with van der Waals surface area (Å²) in [5.41, 5.74) is 0.0286. The first-order chi connectivity index (χ1) is 8.20. The third-order valence-electron chi connectivity index (χ3n) is 1.89. The lowest BCUT2D eigenvalue weighted by Gasteiger charge is -2.02. The number of nitrogens with zero attached hydrogens (tertiary/aromatic N) is 2. The van der Waals surface area contributed by atoms with Crippen LogP contribution in [0, 0.1) is 11.3 Å². The summed E-state index contributed by atoms with van der Waals surface area (Å²) in [4.78, 5) is 15.6. The van der Waals surface area contributed by atoms with Crippen LogP contribution in [0.25, 0.3) is 0 Å². The van der Waals surface area contributed by atoms with Crippen LogP contribution in [0.2, 0.25) is 0 Å². The zero-order chi connectivity index (χ0) is 12.3. The quantitative estimate of drug-likeness (QED) is 0.818. The lowest BCUT2D eigenvalue weighted by molar-refractivity contribution is 0.0732. The molecule has 2 aromatic heterocycles. The van der Waals surface area contributed by atoms with Crippen molar-refractivity contribution in [2.75, 3.05) is 0 Å². The van der Waals surface area contributed by atoms with Crippen LogP contribution in [-0.4, -0.2) is 16.1 Å². The fourth-order valence-corrected chi connectivity index (χ4v) is 1.71. The molecule has 0 atom stereocenters. The molecule has 0 bridgehead atoms. The number of pyridine rings is 1. The second-order valence-corrected chi connectivity index (χ2v) is 3.95. The van der Waals surface area contributed by atoms with Crippen molar-refractivity contribution < 1.29 is 14.6 Å². The zero-order valence-electron chi connectivity index (χ0n) is 8.45. The first-order valence-corrected chi connectivity index (χ1v) is 5.44. The van der Waals surface area contributed by atoms with Crippen LogP contribution in [0.15, 0.2) is 29.6 Å². The average molecular weight is 246 g/mol. The Morgan fingerprint density at radius 1 is 1.47 bits per heavy atom. The lowest BCUT2D eigenvalue weighted by atomic mass is 10.3. The molecule has 17 heavy (non-hydrogen) atoms. The number of aromatic nitrogens is 1. The van der Waals surface area contributed by atoms with Gasteiger partial charge in [-0.25, -0.2) is 4.79 Å². The van der Waals surface area contributed by atoms with Crippen LogP contribution >= 0.6 is 11.3 Å². The molecule has 0 aromatic carbocycles. The van der Waals surface area contributed by atoms with Gasteiger partial charge in [-0.2, -0.15) is 10.2 Å². The summed E-state index contributed by atoms with van der Waals surface area (Å²) in [6, 6.07) is 7.78. The van der Waals surface area contributed by atoms with Crippen LogP contribution in [0.5, 0.6) is 11.8 Å². The number of carbonyl (C=O) groups excluding carboxylic acids is 1. The second kappa shape index (κ2) is 4.63. The van der Waals surface area contributed by atoms with Gasteiger partial charge in [-0.1, -0.05) is 6.07 Å². The molecular weight excluding hydrogens is 240 g/mol. The van der Waals surface area contributed by atoms with Crippen molar-refractivity contribution in [3.05, 3.63) is 40.1 Å². The number of carbonyl (C=O) groups is 1. The average Bonchev–Trinajstić information content (AvgIpc) is 2.82. The Bertz CT molecular complexity index is 587. The molecular formula is C11H6N2O3S. The molecule has 0 fully saturated rings. The molecule has 0 aliphatic heterocycles. The molecule has 0 amide bonds. The van der Waals surface area contributed by atoms with Crippen molar-refractivity contribution in [2.24, 2.45) is 0 Å². The summed E-state index contributed by atoms with van der Waals surface area (Å²) >= 11 is 1.24. The molecule has 5 nitrogen and oxygen atoms in total. The van der Waals surface area contributed by atoms with E-state index in [2.05, 4.69) is 4.98 Å². The van der Waals surface area contributed by atoms with Crippen molar-refractivity contribution in [3.8, 4) is 17.8 Å². The van der Waals surface area contributed by atoms with Crippen molar-refractivity contribution in [2.45, 2.75) is 0 Å². The van der Waals surface area contributed by atoms with E-state index in [0.29, 0.717) is 4.88 Å². The van der Waals surface area contributed by atoms with E-state index in [9.17, 15) is 9.90 Å². The molecule has 6 heteroatoms. The van der Waals surface area contributed by atoms with Gasteiger partial charge in [-0.15, -0.1) is 11.3 Å². The summed E-state index contributed by atoms with van der Waals surface area (Å²) in [6.07, 6.45) is 0. The second-order valence-electron chi connectivity index (χ2n) is 3.00. The van der Waals surface area contributed by atoms with Crippen LogP contribution in [0.1, 0.15) is 15.2 Å². The van der Waals surface area contributed by atoms with Crippen molar-refractivity contribution in [1.29, 1.82) is 5.26 Å². The van der Waals surface area contributed by atoms with E-state index in [4.69, 9.17) is 10.00 Å². The molecule has 0 radical (unpaired) electrons. The Labute approximate surface area is 101 Å². The van der Waals surface area contributed by atoms with Gasteiger partial charge in [0.05, 0.1) is 0 Å². The van der Waals surface area contributed by atoms with Gasteiger partial charge < -0.3 is 9.84 Å². The van der Waals surface area contributed by atoms with Gasteiger partial charge in [0, 0.05) is 6.07 Å². The SMILES string of the molecule is N#Cc1ccc(OC(=O)c2cccs2)nc1O. The molecule has 2 rings (SSSR count). The van der Waals surface area contributed by atoms with E-state index < -0.39 is 11.8 Å². The van der Waals surface area contributed by atoms with Gasteiger partial charge in [-0.05, 0) is 17.5 Å². The number of hydrogen-bond acceptors (Lipinski definition) is 6. The third kappa shape index (κ3) is 2.41. The summed E-state index contributed by atoms with van der Waals surface area (Å²) in [6.45, 7) is 0. The van der Waals surface area contributed by atoms with Crippen LogP contribution < -0.4 is 4.74 Å². The minimum atomic E-state index is -0.545. The maximum absolute atomic E-state index is 11.5. The highest BCUT2D eigenvalue weighted by molar-refractivity contribution is 7.12. The highest BCUT2D eigenvalue weighted by Crippen LogP contribution is 2.19. The van der Waals surface area contributed by atoms with Gasteiger partial charge in [0.25, 0.3) is 0 Å². The van der Waals surface area contributed by atoms with E-state index in [1.54, 1.807) is 23.6 Å². The topological polar surface area (TPSA) is 83.2 Å². The molecule has 0 saturated heterocycles. The van der Waals surface area contributed by atoms with Gasteiger partial charge in [-0.3, -0.25) is 0 Å². The number of rotatable bonds is 2. The molecule has 0 unspecified atom stereocenters. The van der Waals surface area contributed by atoms with Gasteiger partial charge in [0.1, 0.15) is 16.5 Å². The fourth-order valence-electron chi connectivity index (χ4n) is 1.12. The largest absolute Gasteiger partial charge is 0.492 e. The number of esters is 1. The number of thiophene rings is 1. The van der Waals surface area contributed by atoms with Crippen molar-refractivity contribution >= 4 is 17.3 Å². The third-order valence-corrected chi connectivity index (χ3v) is 2.74. The maximum Gasteiger partial charge on any atom is 0.355 e. The van der Waals surface area contributed by atoms with Gasteiger partial charge >= 0.3 is 5.97 Å². The summed E-state index contributed by atoms with van der Waals surface area (Å²) in [7, 11) is 0. The molecule has 0 saturated carbocycles. The lowest BCUT2D eigenvalue weighted by Crippen LogP contribution is -2.07. The van der Waals surface area contributed by atoms with Gasteiger partial charge in [0.2, 0.25) is 11.8 Å². The monoisotopic (exact) mass is 246 g/mol. The van der Waals surface area contributed by atoms with Crippen LogP contribution in [-0.2, 0) is 0 Å². The normalized spacial score (nSPS) is 9.59. The molecule has 1 N–H and O–H groups in total. The predicted molar refractivity (Wildman–Crippen MR) is 59.9 cm³/mol. The minimum absolute atomic E-state index is 0.0286. The fraction of sp³-hybridized carbons (Fsp3) is 0. The number of aromatic hydroxyl groups is 1. The molecule has 0 aliphatic carbocycles. The zero-order valence-corrected chi connectivity index (χ0v) is 9.27. The van der Waals surface area contributed by atoms with E-state index in [1.165, 1.54) is 23.5 Å². The maximum atomic E-state index is 11.5. The van der Waals surface area contributed by atoms with Crippen molar-refractivity contribution in [3.63, 3.8) is 0 Å². The van der Waals surface area contributed by atoms with Gasteiger partial charge in [0.15, 0.2) is 0 Å². The minimum Gasteiger partial charge on any atom is -0.492 e. The Balaban J connectivity index is 2.18. The highest BCUT2D eigenvalue weighted by Gasteiger charge is 2.11. The Morgan fingerprint density at radius 2 is 2.29 bits per heavy atom. The van der Waals surface area contributed by atoms with E-state index in [0.717, 1.165) is 0 Å².